The molecule has 0 amide bonds. The second-order valence-electron chi connectivity index (χ2n) is 9.90. The van der Waals surface area contributed by atoms with E-state index in [1.807, 2.05) is 13.0 Å². The number of carboxylic acid groups (broad SMARTS) is 1. The Labute approximate surface area is 198 Å². The molecule has 2 aliphatic rings. The molecule has 2 fully saturated rings. The highest BCUT2D eigenvalue weighted by molar-refractivity contribution is 5.97. The Bertz CT molecular complexity index is 1270. The Morgan fingerprint density at radius 3 is 2.62 bits per heavy atom. The van der Waals surface area contributed by atoms with Gasteiger partial charge in [0.1, 0.15) is 11.5 Å². The molecule has 34 heavy (non-hydrogen) atoms. The summed E-state index contributed by atoms with van der Waals surface area (Å²) < 4.78 is 16.7. The van der Waals surface area contributed by atoms with Crippen molar-refractivity contribution in [1.82, 2.24) is 14.6 Å². The minimum atomic E-state index is -0.836. The number of aromatic nitrogens is 3. The zero-order chi connectivity index (χ0) is 24.0. The van der Waals surface area contributed by atoms with E-state index in [0.29, 0.717) is 46.9 Å². The quantitative estimate of drug-likeness (QED) is 0.375. The number of ketones is 1. The van der Waals surface area contributed by atoms with Crippen molar-refractivity contribution >= 4 is 17.4 Å². The second-order valence-corrected chi connectivity index (χ2v) is 9.90. The fraction of sp³-hybridized carbons (Fsp3) is 0.481. The molecule has 6 nitrogen and oxygen atoms in total. The first kappa shape index (κ1) is 22.7. The Hall–Kier alpha value is -3.09. The highest BCUT2D eigenvalue weighted by atomic mass is 19.1. The van der Waals surface area contributed by atoms with Gasteiger partial charge in [-0.25, -0.2) is 13.9 Å². The maximum Gasteiger partial charge on any atom is 0.307 e. The van der Waals surface area contributed by atoms with Crippen LogP contribution < -0.4 is 0 Å². The Kier molecular flexibility index (Phi) is 5.96. The van der Waals surface area contributed by atoms with Gasteiger partial charge in [0.05, 0.1) is 11.6 Å². The standard InChI is InChI=1S/C27H30FN3O3/c1-3-17-12-24(26(32)18-8-6-4-5-7-15(18)2)29-25-14-23(30-31(17)25)19-10-9-16(11-22(19)28)20-13-21(20)27(33)34/h9-12,14-15,18,20-21H,3-8,13H2,1-2H3,(H,33,34)/t15-,18?,20?,21-/m1/s1. The lowest BCUT2D eigenvalue weighted by molar-refractivity contribution is -0.138. The van der Waals surface area contributed by atoms with Crippen LogP contribution in [0.3, 0.4) is 0 Å². The monoisotopic (exact) mass is 463 g/mol. The van der Waals surface area contributed by atoms with Crippen LogP contribution in [-0.4, -0.2) is 31.5 Å². The van der Waals surface area contributed by atoms with E-state index in [-0.39, 0.29) is 17.6 Å². The Morgan fingerprint density at radius 2 is 1.91 bits per heavy atom. The topological polar surface area (TPSA) is 84.6 Å². The summed E-state index contributed by atoms with van der Waals surface area (Å²) in [4.78, 5) is 29.2. The number of carbonyl (C=O) groups excluding carboxylic acids is 1. The van der Waals surface area contributed by atoms with Crippen molar-refractivity contribution in [2.45, 2.75) is 64.7 Å². The lowest BCUT2D eigenvalue weighted by atomic mass is 9.84. The number of carboxylic acids is 1. The number of carbonyl (C=O) groups is 2. The van der Waals surface area contributed by atoms with Gasteiger partial charge in [0.15, 0.2) is 11.4 Å². The van der Waals surface area contributed by atoms with Crippen molar-refractivity contribution in [2.75, 3.05) is 0 Å². The molecule has 2 aromatic heterocycles. The van der Waals surface area contributed by atoms with Crippen LogP contribution in [0.15, 0.2) is 30.3 Å². The van der Waals surface area contributed by atoms with E-state index < -0.39 is 17.7 Å². The van der Waals surface area contributed by atoms with Gasteiger partial charge in [-0.2, -0.15) is 5.10 Å². The van der Waals surface area contributed by atoms with Gasteiger partial charge in [0.25, 0.3) is 0 Å². The molecule has 0 aliphatic heterocycles. The predicted octanol–water partition coefficient (Wildman–Crippen LogP) is 5.69. The molecule has 4 atom stereocenters. The largest absolute Gasteiger partial charge is 0.481 e. The maximum absolute atomic E-state index is 15.0. The lowest BCUT2D eigenvalue weighted by Gasteiger charge is -2.20. The molecule has 0 spiro atoms. The van der Waals surface area contributed by atoms with Gasteiger partial charge in [0, 0.05) is 23.2 Å². The molecule has 2 heterocycles. The van der Waals surface area contributed by atoms with Crippen molar-refractivity contribution < 1.29 is 19.1 Å². The molecule has 2 aliphatic carbocycles. The Morgan fingerprint density at radius 1 is 1.12 bits per heavy atom. The highest BCUT2D eigenvalue weighted by Gasteiger charge is 2.44. The van der Waals surface area contributed by atoms with Gasteiger partial charge < -0.3 is 5.11 Å². The molecule has 3 aromatic rings. The molecule has 0 bridgehead atoms. The molecule has 178 valence electrons. The third-order valence-corrected chi connectivity index (χ3v) is 7.62. The van der Waals surface area contributed by atoms with Gasteiger partial charge in [-0.3, -0.25) is 9.59 Å². The van der Waals surface area contributed by atoms with Gasteiger partial charge in [-0.15, -0.1) is 0 Å². The molecule has 2 saturated carbocycles. The number of aliphatic carboxylic acids is 1. The van der Waals surface area contributed by atoms with E-state index in [2.05, 4.69) is 17.0 Å². The number of rotatable bonds is 6. The van der Waals surface area contributed by atoms with Crippen LogP contribution in [0, 0.1) is 23.6 Å². The summed E-state index contributed by atoms with van der Waals surface area (Å²) in [5, 5.41) is 13.8. The van der Waals surface area contributed by atoms with Crippen molar-refractivity contribution in [3.63, 3.8) is 0 Å². The predicted molar refractivity (Wildman–Crippen MR) is 126 cm³/mol. The first-order valence-electron chi connectivity index (χ1n) is 12.3. The number of halogens is 1. The van der Waals surface area contributed by atoms with Crippen LogP contribution in [0.4, 0.5) is 4.39 Å². The molecule has 5 rings (SSSR count). The fourth-order valence-corrected chi connectivity index (χ4v) is 5.43. The van der Waals surface area contributed by atoms with Crippen LogP contribution in [0.25, 0.3) is 16.9 Å². The van der Waals surface area contributed by atoms with Crippen molar-refractivity contribution in [3.8, 4) is 11.3 Å². The minimum absolute atomic E-state index is 0.00779. The summed E-state index contributed by atoms with van der Waals surface area (Å²) in [6.45, 7) is 4.17. The van der Waals surface area contributed by atoms with Crippen LogP contribution in [0.5, 0.6) is 0 Å². The van der Waals surface area contributed by atoms with Gasteiger partial charge in [-0.1, -0.05) is 45.6 Å². The summed E-state index contributed by atoms with van der Waals surface area (Å²) >= 11 is 0. The molecular formula is C27H30FN3O3. The molecule has 0 radical (unpaired) electrons. The summed E-state index contributed by atoms with van der Waals surface area (Å²) in [7, 11) is 0. The minimum Gasteiger partial charge on any atom is -0.481 e. The first-order chi connectivity index (χ1) is 16.4. The van der Waals surface area contributed by atoms with Crippen LogP contribution >= 0.6 is 0 Å². The Balaban J connectivity index is 1.47. The van der Waals surface area contributed by atoms with Gasteiger partial charge in [-0.05, 0) is 54.9 Å². The molecule has 7 heteroatoms. The number of hydrogen-bond donors (Lipinski definition) is 1. The zero-order valence-electron chi connectivity index (χ0n) is 19.6. The number of nitrogens with zero attached hydrogens (tertiary/aromatic N) is 3. The number of fused-ring (bicyclic) bond motifs is 1. The van der Waals surface area contributed by atoms with E-state index in [1.54, 1.807) is 22.7 Å². The van der Waals surface area contributed by atoms with Crippen molar-refractivity contribution in [1.29, 1.82) is 0 Å². The van der Waals surface area contributed by atoms with E-state index in [9.17, 15) is 9.59 Å². The van der Waals surface area contributed by atoms with Crippen LogP contribution in [0.2, 0.25) is 0 Å². The summed E-state index contributed by atoms with van der Waals surface area (Å²) in [6, 6.07) is 8.43. The SMILES string of the molecule is CCc1cc(C(=O)C2CCCCC[C@H]2C)nc2cc(-c3ccc(C4C[C@H]4C(=O)O)cc3F)nn12. The third-order valence-electron chi connectivity index (χ3n) is 7.62. The molecule has 1 N–H and O–H groups in total. The molecular weight excluding hydrogens is 433 g/mol. The first-order valence-corrected chi connectivity index (χ1v) is 12.3. The van der Waals surface area contributed by atoms with E-state index >= 15 is 4.39 Å². The van der Waals surface area contributed by atoms with Gasteiger partial charge >= 0.3 is 5.97 Å². The summed E-state index contributed by atoms with van der Waals surface area (Å²) in [5.74, 6) is -1.39. The summed E-state index contributed by atoms with van der Waals surface area (Å²) in [5.41, 5.74) is 3.36. The average molecular weight is 464 g/mol. The van der Waals surface area contributed by atoms with E-state index in [0.717, 1.165) is 25.0 Å². The van der Waals surface area contributed by atoms with E-state index in [1.165, 1.54) is 18.9 Å². The lowest BCUT2D eigenvalue weighted by Crippen LogP contribution is -2.23. The molecule has 2 unspecified atom stereocenters. The van der Waals surface area contributed by atoms with E-state index in [4.69, 9.17) is 5.11 Å². The number of hydrogen-bond acceptors (Lipinski definition) is 4. The summed E-state index contributed by atoms with van der Waals surface area (Å²) in [6.07, 6.45) is 6.60. The highest BCUT2D eigenvalue weighted by Crippen LogP contribution is 2.48. The number of benzene rings is 1. The molecule has 1 aromatic carbocycles. The third kappa shape index (κ3) is 4.12. The maximum atomic E-state index is 15.0. The second kappa shape index (κ2) is 8.93. The van der Waals surface area contributed by atoms with Crippen molar-refractivity contribution in [3.05, 3.63) is 53.1 Å². The van der Waals surface area contributed by atoms with Crippen LogP contribution in [-0.2, 0) is 11.2 Å². The smallest absolute Gasteiger partial charge is 0.307 e. The average Bonchev–Trinajstić information content (AvgIpc) is 3.56. The normalized spacial score (nSPS) is 24.7. The van der Waals surface area contributed by atoms with Crippen LogP contribution in [0.1, 0.15) is 80.0 Å². The zero-order valence-corrected chi connectivity index (χ0v) is 19.6. The van der Waals surface area contributed by atoms with Gasteiger partial charge in [0.2, 0.25) is 0 Å². The fourth-order valence-electron chi connectivity index (χ4n) is 5.43. The molecule has 0 saturated heterocycles. The number of aryl methyl sites for hydroxylation is 1. The van der Waals surface area contributed by atoms with Crippen molar-refractivity contribution in [2.24, 2.45) is 17.8 Å². The number of Topliss-reactive ketones (excluding diaryl/α,β-unsaturated/α-hetero) is 1.